The van der Waals surface area contributed by atoms with E-state index < -0.39 is 59.9 Å². The van der Waals surface area contributed by atoms with Crippen LogP contribution in [0.15, 0.2) is 58.5 Å². The Kier molecular flexibility index (Phi) is 62.8. The molecule has 2 heterocycles. The summed E-state index contributed by atoms with van der Waals surface area (Å²) in [6, 6.07) is 8.83. The van der Waals surface area contributed by atoms with Gasteiger partial charge in [0.05, 0.1) is 86.4 Å². The number of aliphatic imine (C=N–C) groups is 2. The van der Waals surface area contributed by atoms with Crippen LogP contribution in [0.25, 0.3) is 0 Å². The normalized spacial score (nSPS) is 19.4. The summed E-state index contributed by atoms with van der Waals surface area (Å²) in [5, 5.41) is 46.6. The molecule has 738 valence electrons. The van der Waals surface area contributed by atoms with Crippen LogP contribution in [0.1, 0.15) is 206 Å². The Balaban J connectivity index is 0.000000677. The number of nitrogens with one attached hydrogen (secondary N) is 9. The summed E-state index contributed by atoms with van der Waals surface area (Å²) in [5.41, 5.74) is 35.3. The van der Waals surface area contributed by atoms with Crippen LogP contribution in [0.5, 0.6) is 11.5 Å². The lowest BCUT2D eigenvalue weighted by molar-refractivity contribution is -0.130. The van der Waals surface area contributed by atoms with Crippen molar-refractivity contribution in [3.8, 4) is 11.5 Å². The second-order valence-electron chi connectivity index (χ2n) is 33.7. The molecule has 0 aromatic heterocycles. The van der Waals surface area contributed by atoms with Gasteiger partial charge in [0.25, 0.3) is 5.24 Å². The maximum absolute atomic E-state index is 14.0. The fraction of sp³-hybridized carbons (Fsp3) is 0.696. The van der Waals surface area contributed by atoms with Crippen molar-refractivity contribution < 1.29 is 86.8 Å². The number of thioether (sulfide) groups is 4. The van der Waals surface area contributed by atoms with Crippen LogP contribution < -0.4 is 82.3 Å². The molecule has 23 N–H and O–H groups in total. The standard InChI is InChI=1S/C48H80N8O10S2.C44H73N9O8S2/c1-4-33(2)46-42(60)19-15-36(10-5-6-21-52-44(62)20-24-66-26-25-65-23-8-11-38(58)30-67-3)43(61)29-55-40(31-68-32-45(63)56-46)41(59)18-14-35(9-7-22-53-48(50)51)28-54-39(47(49)64)27-34-12-16-37(57)17-13-34;1-4-29(3)41-37(56)18-14-32(10-6-7-21-50-44(61)63-5-2)38(57)27-52-34(20-24-62-28-40(59)48-23-19-39(58)53-41)36(55)17-13-31(9-8-22-49-43(46)47)26-51-35(42(45)60)25-30-11-15-33(54)16-12-30/h12-13,16-17,33,35-36,39-40,46,54-55,57H,4-11,14-15,18-32H2,1-3H3,(H2,49,64)(H,52,62)(H,56,63)(H4,50,51,53);11-12,15-16,29,31-32,34-35,41,51-52,54H,4-10,13-14,17-28H2,1-3H3,(H2,45,60)(H,48,59)(H,50,61)(H,53,58)(H4,46,47,49)/t33-,35+,36+,39-,40-,46-;29-,31+,32+,34-,35-,41-/m00/s1. The minimum absolute atomic E-state index is 0.0118. The van der Waals surface area contributed by atoms with E-state index in [1.807, 2.05) is 40.9 Å². The van der Waals surface area contributed by atoms with Crippen LogP contribution in [0.2, 0.25) is 0 Å². The van der Waals surface area contributed by atoms with Gasteiger partial charge in [-0.1, -0.05) is 96.3 Å². The van der Waals surface area contributed by atoms with Crippen molar-refractivity contribution in [1.29, 1.82) is 0 Å². The third-order valence-electron chi connectivity index (χ3n) is 23.1. The maximum atomic E-state index is 14.0. The first-order valence-corrected chi connectivity index (χ1v) is 51.1. The molecule has 2 aliphatic rings. The quantitative estimate of drug-likeness (QED) is 0.0227. The summed E-state index contributed by atoms with van der Waals surface area (Å²) in [5.74, 6) is -1.80. The molecule has 0 radical (unpaired) electrons. The lowest BCUT2D eigenvalue weighted by Crippen LogP contribution is -2.47. The van der Waals surface area contributed by atoms with Gasteiger partial charge in [-0.2, -0.15) is 23.5 Å². The number of phenols is 2. The third-order valence-corrected chi connectivity index (χ3v) is 26.5. The number of carbonyl (C=O) groups excluding carboxylic acids is 14. The number of unbranched alkanes of at least 4 members (excludes halogenated alkanes) is 2. The molecule has 0 bridgehead atoms. The van der Waals surface area contributed by atoms with E-state index in [-0.39, 0.29) is 205 Å². The average molecular weight is 1910 g/mol. The van der Waals surface area contributed by atoms with Crippen molar-refractivity contribution in [2.45, 2.75) is 244 Å². The maximum Gasteiger partial charge on any atom is 0.279 e. The number of primary amides is 2. The predicted octanol–water partition coefficient (Wildman–Crippen LogP) is 5.29. The molecule has 0 saturated carbocycles. The highest BCUT2D eigenvalue weighted by molar-refractivity contribution is 8.13. The fourth-order valence-electron chi connectivity index (χ4n) is 14.9. The number of ether oxygens (including phenoxy) is 2. The molecule has 131 heavy (non-hydrogen) atoms. The van der Waals surface area contributed by atoms with Crippen molar-refractivity contribution in [2.24, 2.45) is 79.9 Å². The Morgan fingerprint density at radius 2 is 1.02 bits per heavy atom. The number of nitrogens with zero attached hydrogens (tertiary/aromatic N) is 2. The van der Waals surface area contributed by atoms with E-state index in [4.69, 9.17) is 43.9 Å². The number of hydrogen-bond acceptors (Lipinski definition) is 28. The number of guanidine groups is 2. The van der Waals surface area contributed by atoms with Crippen LogP contribution in [-0.2, 0) is 84.6 Å². The van der Waals surface area contributed by atoms with E-state index in [9.17, 15) is 77.3 Å². The molecular weight excluding hydrogens is 1760 g/mol. The molecule has 4 rings (SSSR count). The number of Topliss-reactive ketones (excluding diaryl/α,β-unsaturated/α-hetero) is 7. The minimum atomic E-state index is -0.732. The summed E-state index contributed by atoms with van der Waals surface area (Å²) in [6.45, 7) is 13.4. The highest BCUT2D eigenvalue weighted by atomic mass is 32.2. The predicted molar refractivity (Wildman–Crippen MR) is 521 cm³/mol. The lowest BCUT2D eigenvalue weighted by Gasteiger charge is -2.26. The zero-order valence-electron chi connectivity index (χ0n) is 78.0. The van der Waals surface area contributed by atoms with Crippen molar-refractivity contribution in [2.75, 3.05) is 126 Å². The van der Waals surface area contributed by atoms with Gasteiger partial charge in [0.2, 0.25) is 35.4 Å². The van der Waals surface area contributed by atoms with E-state index in [1.54, 1.807) is 48.5 Å². The smallest absolute Gasteiger partial charge is 0.279 e. The molecule has 0 aliphatic carbocycles. The fourth-order valence-corrected chi connectivity index (χ4v) is 17.6. The topological polar surface area (TPSA) is 587 Å². The number of ketones is 7. The molecule has 35 nitrogen and oxygen atoms in total. The van der Waals surface area contributed by atoms with Gasteiger partial charge in [-0.05, 0) is 193 Å². The number of amides is 7. The van der Waals surface area contributed by atoms with E-state index in [0.717, 1.165) is 11.1 Å². The van der Waals surface area contributed by atoms with E-state index in [1.165, 1.54) is 47.0 Å². The van der Waals surface area contributed by atoms with Crippen LogP contribution in [0.4, 0.5) is 4.79 Å². The molecule has 2 aromatic rings. The number of hydrogen-bond donors (Lipinski definition) is 17. The molecule has 7 amide bonds. The highest BCUT2D eigenvalue weighted by Gasteiger charge is 2.33. The van der Waals surface area contributed by atoms with Crippen molar-refractivity contribution >= 4 is 140 Å². The van der Waals surface area contributed by atoms with Crippen LogP contribution >= 0.6 is 47.0 Å². The van der Waals surface area contributed by atoms with E-state index in [2.05, 4.69) is 57.8 Å². The van der Waals surface area contributed by atoms with Crippen LogP contribution in [0, 0.1) is 35.5 Å². The van der Waals surface area contributed by atoms with Crippen molar-refractivity contribution in [3.63, 3.8) is 0 Å². The molecule has 39 heteroatoms. The minimum Gasteiger partial charge on any atom is -0.508 e. The second kappa shape index (κ2) is 70.4. The number of nitrogens with two attached hydrogens (primary N) is 6. The SMILES string of the molecule is CCSC(=O)NCCCC[C@@H]1CCC(=O)[C@H]([C@@H](C)CC)NC(=O)CCNC(=O)CSCC[C@@H](C(=O)CC[C@@H](CCCN=C(N)N)CN[C@@H](Cc2ccc(O)cc2)C(N)=O)NCC1=O.CC[C@H](C)[C@@H]1NC(=O)CSC[C@@H](C(=O)CC[C@@H](CCCN=C(N)N)CN[C@@H](Cc2ccc(O)cc2)C(N)=O)NCC(=O)[C@H](CCCCNC(=O)CCOCCOCCCC(=O)CSC)CCC1=O. The van der Waals surface area contributed by atoms with Gasteiger partial charge in [0, 0.05) is 102 Å². The van der Waals surface area contributed by atoms with Gasteiger partial charge in [0.15, 0.2) is 29.3 Å². The highest BCUT2D eigenvalue weighted by Crippen LogP contribution is 2.26. The molecule has 12 atom stereocenters. The van der Waals surface area contributed by atoms with E-state index in [0.29, 0.717) is 205 Å². The average Bonchev–Trinajstić information content (AvgIpc) is 1.12. The lowest BCUT2D eigenvalue weighted by atomic mass is 9.87. The molecule has 0 spiro atoms. The molecular formula is C92H153N17O18S4. The van der Waals surface area contributed by atoms with Gasteiger partial charge >= 0.3 is 0 Å². The first kappa shape index (κ1) is 117. The zero-order chi connectivity index (χ0) is 96.7. The summed E-state index contributed by atoms with van der Waals surface area (Å²) in [4.78, 5) is 191. The summed E-state index contributed by atoms with van der Waals surface area (Å²) in [7, 11) is 0. The van der Waals surface area contributed by atoms with Gasteiger partial charge in [-0.3, -0.25) is 82.4 Å². The van der Waals surface area contributed by atoms with Crippen molar-refractivity contribution in [3.05, 3.63) is 59.7 Å². The summed E-state index contributed by atoms with van der Waals surface area (Å²) >= 11 is 5.32. The number of rotatable bonds is 55. The number of phenolic OH excluding ortho intramolecular Hbond substituents is 2. The first-order valence-electron chi connectivity index (χ1n) is 46.4. The number of benzene rings is 2. The molecule has 2 aliphatic heterocycles. The number of aromatic hydroxyl groups is 2. The van der Waals surface area contributed by atoms with Crippen LogP contribution in [0.3, 0.4) is 0 Å². The van der Waals surface area contributed by atoms with Gasteiger partial charge in [-0.15, -0.1) is 11.8 Å². The zero-order valence-corrected chi connectivity index (χ0v) is 81.3. The molecule has 2 saturated heterocycles. The van der Waals surface area contributed by atoms with E-state index >= 15 is 0 Å². The molecule has 2 aromatic carbocycles. The Bertz CT molecular complexity index is 3830. The molecule has 2 fully saturated rings. The monoisotopic (exact) mass is 1910 g/mol. The Labute approximate surface area is 791 Å². The van der Waals surface area contributed by atoms with Crippen molar-refractivity contribution in [1.82, 2.24) is 47.9 Å². The Morgan fingerprint density at radius 1 is 0.534 bits per heavy atom. The Morgan fingerprint density at radius 3 is 1.50 bits per heavy atom. The number of carbonyl (C=O) groups is 14. The van der Waals surface area contributed by atoms with Gasteiger partial charge in [0.1, 0.15) is 34.6 Å². The second-order valence-corrected chi connectivity index (χ2v) is 37.9. The summed E-state index contributed by atoms with van der Waals surface area (Å²) < 4.78 is 11.0. The molecule has 0 unspecified atom stereocenters. The van der Waals surface area contributed by atoms with Gasteiger partial charge in [-0.25, -0.2) is 0 Å². The third kappa shape index (κ3) is 54.6. The summed E-state index contributed by atoms with van der Waals surface area (Å²) in [6.07, 6.45) is 13.6. The largest absolute Gasteiger partial charge is 0.508 e. The Hall–Kier alpha value is -8.28. The van der Waals surface area contributed by atoms with Gasteiger partial charge < -0.3 is 96.6 Å². The van der Waals surface area contributed by atoms with Crippen LogP contribution in [-0.4, -0.2) is 266 Å². The first-order chi connectivity index (χ1) is 62.7.